The van der Waals surface area contributed by atoms with Crippen LogP contribution in [0.25, 0.3) is 0 Å². The van der Waals surface area contributed by atoms with Crippen molar-refractivity contribution in [2.45, 2.75) is 37.8 Å². The first-order valence-corrected chi connectivity index (χ1v) is 7.44. The topological polar surface area (TPSA) is 73.7 Å². The molecule has 0 aromatic carbocycles. The molecular formula is C13H20N2O3S. The lowest BCUT2D eigenvalue weighted by molar-refractivity contribution is -0.145. The number of carboxylic acids is 1. The van der Waals surface area contributed by atoms with Gasteiger partial charge in [0.25, 0.3) is 0 Å². The highest BCUT2D eigenvalue weighted by atomic mass is 32.1. The standard InChI is InChI=1S/C13H20N2O3S/c1-15(6-11-7-19-9-14-11)8-13(18)4-2-10(3-5-13)12(16)17/h7,9-10,18H,2-6,8H2,1H3,(H,16,17). The van der Waals surface area contributed by atoms with E-state index < -0.39 is 11.6 Å². The molecule has 106 valence electrons. The van der Waals surface area contributed by atoms with E-state index in [4.69, 9.17) is 5.11 Å². The van der Waals surface area contributed by atoms with Crippen molar-refractivity contribution >= 4 is 17.3 Å². The molecule has 0 bridgehead atoms. The summed E-state index contributed by atoms with van der Waals surface area (Å²) in [5, 5.41) is 21.5. The predicted octanol–water partition coefficient (Wildman–Crippen LogP) is 1.58. The number of nitrogens with zero attached hydrogens (tertiary/aromatic N) is 2. The van der Waals surface area contributed by atoms with Crippen molar-refractivity contribution in [3.05, 3.63) is 16.6 Å². The number of thiazole rings is 1. The smallest absolute Gasteiger partial charge is 0.306 e. The number of aromatic nitrogens is 1. The zero-order valence-corrected chi connectivity index (χ0v) is 11.9. The Bertz CT molecular complexity index is 414. The maximum absolute atomic E-state index is 10.9. The van der Waals surface area contributed by atoms with Crippen LogP contribution >= 0.6 is 11.3 Å². The van der Waals surface area contributed by atoms with E-state index in [2.05, 4.69) is 9.88 Å². The molecule has 1 fully saturated rings. The molecule has 0 amide bonds. The number of carboxylic acid groups (broad SMARTS) is 1. The lowest BCUT2D eigenvalue weighted by Crippen LogP contribution is -2.44. The van der Waals surface area contributed by atoms with Gasteiger partial charge in [0.05, 0.1) is 22.7 Å². The summed E-state index contributed by atoms with van der Waals surface area (Å²) in [6.45, 7) is 1.28. The van der Waals surface area contributed by atoms with Crippen LogP contribution in [0.5, 0.6) is 0 Å². The highest BCUT2D eigenvalue weighted by Gasteiger charge is 2.36. The molecule has 5 nitrogen and oxygen atoms in total. The second kappa shape index (κ2) is 5.98. The molecule has 1 aromatic heterocycles. The normalized spacial score (nSPS) is 27.6. The zero-order chi connectivity index (χ0) is 13.9. The number of aliphatic hydroxyl groups is 1. The maximum Gasteiger partial charge on any atom is 0.306 e. The molecule has 0 spiro atoms. The van der Waals surface area contributed by atoms with Gasteiger partial charge in [0.15, 0.2) is 0 Å². The Balaban J connectivity index is 1.83. The van der Waals surface area contributed by atoms with Gasteiger partial charge in [-0.15, -0.1) is 11.3 Å². The van der Waals surface area contributed by atoms with Gasteiger partial charge in [0.1, 0.15) is 0 Å². The second-order valence-electron chi connectivity index (χ2n) is 5.49. The number of hydrogen-bond donors (Lipinski definition) is 2. The summed E-state index contributed by atoms with van der Waals surface area (Å²) < 4.78 is 0. The van der Waals surface area contributed by atoms with Crippen LogP contribution in [-0.2, 0) is 11.3 Å². The van der Waals surface area contributed by atoms with Crippen LogP contribution in [-0.4, -0.2) is 45.3 Å². The third kappa shape index (κ3) is 3.99. The fourth-order valence-electron chi connectivity index (χ4n) is 2.71. The van der Waals surface area contributed by atoms with Crippen molar-refractivity contribution in [1.29, 1.82) is 0 Å². The molecule has 0 aliphatic heterocycles. The fourth-order valence-corrected chi connectivity index (χ4v) is 3.26. The van der Waals surface area contributed by atoms with Crippen molar-refractivity contribution in [3.8, 4) is 0 Å². The van der Waals surface area contributed by atoms with E-state index in [-0.39, 0.29) is 5.92 Å². The Morgan fingerprint density at radius 3 is 2.79 bits per heavy atom. The molecule has 1 aliphatic rings. The van der Waals surface area contributed by atoms with Crippen molar-refractivity contribution in [1.82, 2.24) is 9.88 Å². The highest BCUT2D eigenvalue weighted by Crippen LogP contribution is 2.32. The zero-order valence-electron chi connectivity index (χ0n) is 11.1. The van der Waals surface area contributed by atoms with E-state index in [1.54, 1.807) is 16.8 Å². The number of rotatable bonds is 5. The largest absolute Gasteiger partial charge is 0.481 e. The van der Waals surface area contributed by atoms with Crippen molar-refractivity contribution in [3.63, 3.8) is 0 Å². The van der Waals surface area contributed by atoms with E-state index in [9.17, 15) is 9.90 Å². The SMILES string of the molecule is CN(Cc1cscn1)CC1(O)CCC(C(=O)O)CC1. The van der Waals surface area contributed by atoms with Crippen LogP contribution < -0.4 is 0 Å². The minimum absolute atomic E-state index is 0.288. The summed E-state index contributed by atoms with van der Waals surface area (Å²) >= 11 is 1.56. The monoisotopic (exact) mass is 284 g/mol. The Labute approximate surface area is 116 Å². The number of hydrogen-bond acceptors (Lipinski definition) is 5. The van der Waals surface area contributed by atoms with Gasteiger partial charge in [0, 0.05) is 18.5 Å². The predicted molar refractivity (Wildman–Crippen MR) is 73.0 cm³/mol. The molecular weight excluding hydrogens is 264 g/mol. The maximum atomic E-state index is 10.9. The van der Waals surface area contributed by atoms with E-state index in [1.165, 1.54) is 0 Å². The first-order valence-electron chi connectivity index (χ1n) is 6.49. The van der Waals surface area contributed by atoms with Gasteiger partial charge >= 0.3 is 5.97 Å². The summed E-state index contributed by atoms with van der Waals surface area (Å²) in [4.78, 5) is 17.2. The van der Waals surface area contributed by atoms with Gasteiger partial charge in [0.2, 0.25) is 0 Å². The lowest BCUT2D eigenvalue weighted by atomic mass is 9.78. The Kier molecular flexibility index (Phi) is 4.54. The van der Waals surface area contributed by atoms with E-state index in [0.717, 1.165) is 5.69 Å². The number of aliphatic carboxylic acids is 1. The molecule has 0 saturated heterocycles. The van der Waals surface area contributed by atoms with Crippen molar-refractivity contribution in [2.24, 2.45) is 5.92 Å². The van der Waals surface area contributed by atoms with Gasteiger partial charge in [-0.3, -0.25) is 9.69 Å². The summed E-state index contributed by atoms with van der Waals surface area (Å²) in [6, 6.07) is 0. The number of likely N-dealkylation sites (N-methyl/N-ethyl adjacent to an activating group) is 1. The second-order valence-corrected chi connectivity index (χ2v) is 6.21. The van der Waals surface area contributed by atoms with Gasteiger partial charge in [-0.25, -0.2) is 4.98 Å². The molecule has 0 unspecified atom stereocenters. The van der Waals surface area contributed by atoms with Gasteiger partial charge in [-0.05, 0) is 32.7 Å². The summed E-state index contributed by atoms with van der Waals surface area (Å²) in [6.07, 6.45) is 2.25. The Hall–Kier alpha value is -0.980. The molecule has 6 heteroatoms. The molecule has 1 heterocycles. The molecule has 19 heavy (non-hydrogen) atoms. The molecule has 1 saturated carbocycles. The fraction of sp³-hybridized carbons (Fsp3) is 0.692. The average molecular weight is 284 g/mol. The molecule has 2 rings (SSSR count). The molecule has 0 atom stereocenters. The van der Waals surface area contributed by atoms with E-state index >= 15 is 0 Å². The van der Waals surface area contributed by atoms with Crippen LogP contribution in [0.2, 0.25) is 0 Å². The summed E-state index contributed by atoms with van der Waals surface area (Å²) in [5.41, 5.74) is 2.06. The van der Waals surface area contributed by atoms with Crippen LogP contribution in [0.15, 0.2) is 10.9 Å². The minimum Gasteiger partial charge on any atom is -0.481 e. The van der Waals surface area contributed by atoms with Gasteiger partial charge < -0.3 is 10.2 Å². The Morgan fingerprint density at radius 2 is 2.26 bits per heavy atom. The van der Waals surface area contributed by atoms with Crippen LogP contribution in [0.1, 0.15) is 31.4 Å². The molecule has 2 N–H and O–H groups in total. The van der Waals surface area contributed by atoms with Crippen LogP contribution in [0.3, 0.4) is 0 Å². The molecule has 1 aromatic rings. The van der Waals surface area contributed by atoms with Crippen molar-refractivity contribution < 1.29 is 15.0 Å². The van der Waals surface area contributed by atoms with E-state index in [1.807, 2.05) is 12.4 Å². The number of carbonyl (C=O) groups is 1. The van der Waals surface area contributed by atoms with Gasteiger partial charge in [-0.1, -0.05) is 0 Å². The highest BCUT2D eigenvalue weighted by molar-refractivity contribution is 7.07. The average Bonchev–Trinajstić information content (AvgIpc) is 2.81. The van der Waals surface area contributed by atoms with Crippen LogP contribution in [0.4, 0.5) is 0 Å². The van der Waals surface area contributed by atoms with Gasteiger partial charge in [-0.2, -0.15) is 0 Å². The third-order valence-corrected chi connectivity index (χ3v) is 4.38. The quantitative estimate of drug-likeness (QED) is 0.859. The minimum atomic E-state index is -0.753. The Morgan fingerprint density at radius 1 is 1.58 bits per heavy atom. The lowest BCUT2D eigenvalue weighted by Gasteiger charge is -2.37. The third-order valence-electron chi connectivity index (χ3n) is 3.75. The van der Waals surface area contributed by atoms with Crippen LogP contribution in [0, 0.1) is 5.92 Å². The van der Waals surface area contributed by atoms with E-state index in [0.29, 0.717) is 38.8 Å². The summed E-state index contributed by atoms with van der Waals surface area (Å²) in [5.74, 6) is -1.03. The molecule has 0 radical (unpaired) electrons. The molecule has 1 aliphatic carbocycles. The first kappa shape index (κ1) is 14.4. The first-order chi connectivity index (χ1) is 8.98. The summed E-state index contributed by atoms with van der Waals surface area (Å²) in [7, 11) is 1.96. The van der Waals surface area contributed by atoms with Crippen molar-refractivity contribution in [2.75, 3.05) is 13.6 Å².